The molecule has 1 aromatic heterocycles. The van der Waals surface area contributed by atoms with Crippen molar-refractivity contribution in [2.45, 2.75) is 26.7 Å². The van der Waals surface area contributed by atoms with Crippen LogP contribution in [-0.2, 0) is 9.53 Å². The lowest BCUT2D eigenvalue weighted by molar-refractivity contribution is -0.143. The largest absolute Gasteiger partial charge is 0.466 e. The molecule has 0 bridgehead atoms. The van der Waals surface area contributed by atoms with Gasteiger partial charge in [-0.2, -0.15) is 0 Å². The Morgan fingerprint density at radius 1 is 1.54 bits per heavy atom. The van der Waals surface area contributed by atoms with E-state index in [1.807, 2.05) is 13.8 Å². The molecule has 0 fully saturated rings. The maximum atomic E-state index is 10.4. The fraction of sp³-hybridized carbons (Fsp3) is 0.556. The van der Waals surface area contributed by atoms with Crippen LogP contribution in [0.1, 0.15) is 26.7 Å². The molecule has 0 saturated heterocycles. The number of carbonyl (C=O) groups is 1. The smallest absolute Gasteiger partial charge is 0.305 e. The highest BCUT2D eigenvalue weighted by Gasteiger charge is 1.95. The van der Waals surface area contributed by atoms with Crippen molar-refractivity contribution in [3.05, 3.63) is 18.7 Å². The minimum absolute atomic E-state index is 0.0880. The predicted molar refractivity (Wildman–Crippen MR) is 50.1 cm³/mol. The molecule has 0 saturated carbocycles. The average Bonchev–Trinajstić information content (AvgIpc) is 2.61. The molecule has 1 heterocycles. The summed E-state index contributed by atoms with van der Waals surface area (Å²) in [6, 6.07) is 0. The normalized spacial score (nSPS) is 8.46. The topological polar surface area (TPSA) is 55.0 Å². The lowest BCUT2D eigenvalue weighted by Gasteiger charge is -1.96. The molecule has 0 aromatic carbocycles. The highest BCUT2D eigenvalue weighted by atomic mass is 16.5. The summed E-state index contributed by atoms with van der Waals surface area (Å²) in [4.78, 5) is 16.8. The van der Waals surface area contributed by atoms with Crippen molar-refractivity contribution < 1.29 is 9.53 Å². The van der Waals surface area contributed by atoms with E-state index in [4.69, 9.17) is 0 Å². The number of imidazole rings is 1. The minimum atomic E-state index is -0.0880. The third-order valence-electron chi connectivity index (χ3n) is 1.17. The standard InChI is InChI=1S/C6H12O2.C3H4N2/c1-3-5-6(7)8-4-2;1-2-5-3-4-1/h3-5H2,1-2H3;1-3H,(H,4,5). The summed E-state index contributed by atoms with van der Waals surface area (Å²) in [6.45, 7) is 4.27. The number of aromatic nitrogens is 2. The van der Waals surface area contributed by atoms with Gasteiger partial charge in [-0.05, 0) is 13.3 Å². The Labute approximate surface area is 78.3 Å². The zero-order valence-corrected chi connectivity index (χ0v) is 8.12. The van der Waals surface area contributed by atoms with E-state index in [0.717, 1.165) is 6.42 Å². The first-order valence-corrected chi connectivity index (χ1v) is 4.39. The Morgan fingerprint density at radius 3 is 2.62 bits per heavy atom. The summed E-state index contributed by atoms with van der Waals surface area (Å²) in [6.07, 6.45) is 6.51. The number of hydrogen-bond donors (Lipinski definition) is 1. The fourth-order valence-corrected chi connectivity index (χ4v) is 0.652. The molecule has 4 nitrogen and oxygen atoms in total. The van der Waals surface area contributed by atoms with Gasteiger partial charge in [0, 0.05) is 18.8 Å². The number of hydrogen-bond acceptors (Lipinski definition) is 3. The molecule has 74 valence electrons. The zero-order valence-electron chi connectivity index (χ0n) is 8.12. The van der Waals surface area contributed by atoms with Crippen LogP contribution >= 0.6 is 0 Å². The summed E-state index contributed by atoms with van der Waals surface area (Å²) in [7, 11) is 0. The van der Waals surface area contributed by atoms with Gasteiger partial charge in [0.05, 0.1) is 12.9 Å². The molecule has 0 amide bonds. The Kier molecular flexibility index (Phi) is 7.88. The first kappa shape index (κ1) is 11.7. The molecule has 1 N–H and O–H groups in total. The summed E-state index contributed by atoms with van der Waals surface area (Å²) >= 11 is 0. The van der Waals surface area contributed by atoms with Gasteiger partial charge in [0.2, 0.25) is 0 Å². The molecule has 0 aliphatic rings. The Hall–Kier alpha value is -1.32. The summed E-state index contributed by atoms with van der Waals surface area (Å²) < 4.78 is 4.64. The second kappa shape index (κ2) is 8.77. The van der Waals surface area contributed by atoms with Crippen LogP contribution in [0.2, 0.25) is 0 Å². The van der Waals surface area contributed by atoms with Gasteiger partial charge < -0.3 is 9.72 Å². The van der Waals surface area contributed by atoms with Gasteiger partial charge in [-0.15, -0.1) is 0 Å². The van der Waals surface area contributed by atoms with Gasteiger partial charge in [-0.1, -0.05) is 6.92 Å². The molecular weight excluding hydrogens is 168 g/mol. The van der Waals surface area contributed by atoms with Crippen molar-refractivity contribution in [1.82, 2.24) is 9.97 Å². The molecule has 1 aromatic rings. The lowest BCUT2D eigenvalue weighted by Crippen LogP contribution is -2.01. The Morgan fingerprint density at radius 2 is 2.31 bits per heavy atom. The van der Waals surface area contributed by atoms with Crippen LogP contribution in [0.25, 0.3) is 0 Å². The molecule has 0 aliphatic carbocycles. The van der Waals surface area contributed by atoms with E-state index in [-0.39, 0.29) is 5.97 Å². The molecular formula is C9H16N2O2. The van der Waals surface area contributed by atoms with E-state index in [1.54, 1.807) is 18.7 Å². The second-order valence-electron chi connectivity index (χ2n) is 2.32. The van der Waals surface area contributed by atoms with E-state index in [9.17, 15) is 4.79 Å². The molecule has 13 heavy (non-hydrogen) atoms. The third kappa shape index (κ3) is 8.59. The Bertz CT molecular complexity index is 172. The fourth-order valence-electron chi connectivity index (χ4n) is 0.652. The molecule has 0 spiro atoms. The van der Waals surface area contributed by atoms with Gasteiger partial charge in [0.25, 0.3) is 0 Å². The van der Waals surface area contributed by atoms with Crippen molar-refractivity contribution >= 4 is 5.97 Å². The molecule has 4 heteroatoms. The van der Waals surface area contributed by atoms with Crippen LogP contribution in [0.3, 0.4) is 0 Å². The van der Waals surface area contributed by atoms with Crippen LogP contribution in [0.4, 0.5) is 0 Å². The van der Waals surface area contributed by atoms with Crippen molar-refractivity contribution in [3.63, 3.8) is 0 Å². The lowest BCUT2D eigenvalue weighted by atomic mass is 10.3. The summed E-state index contributed by atoms with van der Waals surface area (Å²) in [5, 5.41) is 0. The average molecular weight is 184 g/mol. The number of carbonyl (C=O) groups excluding carboxylic acids is 1. The van der Waals surface area contributed by atoms with E-state index in [2.05, 4.69) is 14.7 Å². The third-order valence-corrected chi connectivity index (χ3v) is 1.17. The van der Waals surface area contributed by atoms with Crippen molar-refractivity contribution in [2.75, 3.05) is 6.61 Å². The van der Waals surface area contributed by atoms with Gasteiger partial charge >= 0.3 is 5.97 Å². The van der Waals surface area contributed by atoms with Crippen molar-refractivity contribution in [2.24, 2.45) is 0 Å². The van der Waals surface area contributed by atoms with E-state index >= 15 is 0 Å². The molecule has 0 radical (unpaired) electrons. The SMILES string of the molecule is CCCC(=O)OCC.c1c[nH]cn1. The number of esters is 1. The maximum Gasteiger partial charge on any atom is 0.305 e. The second-order valence-corrected chi connectivity index (χ2v) is 2.32. The molecule has 0 aliphatic heterocycles. The molecule has 0 atom stereocenters. The van der Waals surface area contributed by atoms with Gasteiger partial charge in [0.1, 0.15) is 0 Å². The Balaban J connectivity index is 0.000000243. The summed E-state index contributed by atoms with van der Waals surface area (Å²) in [5.41, 5.74) is 0. The van der Waals surface area contributed by atoms with E-state index < -0.39 is 0 Å². The zero-order chi connectivity index (χ0) is 9.94. The minimum Gasteiger partial charge on any atom is -0.466 e. The first-order chi connectivity index (χ1) is 6.31. The van der Waals surface area contributed by atoms with Crippen LogP contribution in [0.15, 0.2) is 18.7 Å². The number of nitrogens with one attached hydrogen (secondary N) is 1. The van der Waals surface area contributed by atoms with Gasteiger partial charge in [-0.25, -0.2) is 4.98 Å². The summed E-state index contributed by atoms with van der Waals surface area (Å²) in [5.74, 6) is -0.0880. The monoisotopic (exact) mass is 184 g/mol. The molecule has 1 rings (SSSR count). The van der Waals surface area contributed by atoms with Crippen molar-refractivity contribution in [1.29, 1.82) is 0 Å². The quantitative estimate of drug-likeness (QED) is 0.728. The maximum absolute atomic E-state index is 10.4. The van der Waals surface area contributed by atoms with Crippen LogP contribution < -0.4 is 0 Å². The number of rotatable bonds is 3. The number of ether oxygens (including phenoxy) is 1. The number of nitrogens with zero attached hydrogens (tertiary/aromatic N) is 1. The van der Waals surface area contributed by atoms with Crippen LogP contribution in [0, 0.1) is 0 Å². The van der Waals surface area contributed by atoms with Gasteiger partial charge in [0.15, 0.2) is 0 Å². The van der Waals surface area contributed by atoms with Crippen LogP contribution in [-0.4, -0.2) is 22.5 Å². The van der Waals surface area contributed by atoms with Gasteiger partial charge in [-0.3, -0.25) is 4.79 Å². The molecule has 0 unspecified atom stereocenters. The van der Waals surface area contributed by atoms with E-state index in [0.29, 0.717) is 13.0 Å². The number of H-pyrrole nitrogens is 1. The highest BCUT2D eigenvalue weighted by molar-refractivity contribution is 5.69. The highest BCUT2D eigenvalue weighted by Crippen LogP contribution is 1.89. The first-order valence-electron chi connectivity index (χ1n) is 4.39. The predicted octanol–water partition coefficient (Wildman–Crippen LogP) is 1.76. The van der Waals surface area contributed by atoms with E-state index in [1.165, 1.54) is 0 Å². The number of aromatic amines is 1. The van der Waals surface area contributed by atoms with Crippen molar-refractivity contribution in [3.8, 4) is 0 Å². The van der Waals surface area contributed by atoms with Crippen LogP contribution in [0.5, 0.6) is 0 Å².